The number of anilines is 1. The molecule has 37 heavy (non-hydrogen) atoms. The van der Waals surface area contributed by atoms with Gasteiger partial charge >= 0.3 is 5.97 Å². The summed E-state index contributed by atoms with van der Waals surface area (Å²) in [6, 6.07) is -0.907. The molecule has 2 aromatic heterocycles. The maximum Gasteiger partial charge on any atom is 0.352 e. The fourth-order valence-corrected chi connectivity index (χ4v) is 7.82. The number of nitrogens with zero attached hydrogens (tertiary/aromatic N) is 4. The lowest BCUT2D eigenvalue weighted by molar-refractivity contribution is -0.692. The Morgan fingerprint density at radius 3 is 2.86 bits per heavy atom. The predicted molar refractivity (Wildman–Crippen MR) is 137 cm³/mol. The van der Waals surface area contributed by atoms with E-state index in [9.17, 15) is 19.5 Å². The van der Waals surface area contributed by atoms with Crippen LogP contribution in [0.15, 0.2) is 27.3 Å². The average molecular weight is 566 g/mol. The van der Waals surface area contributed by atoms with E-state index in [2.05, 4.69) is 20.0 Å². The lowest BCUT2D eigenvalue weighted by atomic mass is 9.99. The van der Waals surface area contributed by atoms with Crippen LogP contribution in [0.2, 0.25) is 0 Å². The third-order valence-corrected chi connectivity index (χ3v) is 9.58. The number of methoxy groups -OCH3 is 1. The standard InChI is InChI=1S/C22H24N6O6S3/c1-33-13-5-3-4-12-17(13)37-9-27(12)6-10-7-35-20-15(19(30)28(20)16(10)21(31)32)25-18(29)14(26-34-2)11-8-36-22(23)24-11/h8-9,13,15,20H,3-7H2,1-2H3,(H3-,23,24,25,29,31,32)/p+1/b26-14-/t13?,15-,20+/m1/s1. The van der Waals surface area contributed by atoms with E-state index in [1.165, 1.54) is 28.6 Å². The highest BCUT2D eigenvalue weighted by Crippen LogP contribution is 2.41. The van der Waals surface area contributed by atoms with E-state index < -0.39 is 29.2 Å². The van der Waals surface area contributed by atoms with Crippen molar-refractivity contribution in [1.29, 1.82) is 0 Å². The minimum absolute atomic E-state index is 0.0242. The number of aliphatic carboxylic acids is 1. The number of nitrogens with two attached hydrogens (primary N) is 1. The van der Waals surface area contributed by atoms with Crippen LogP contribution in [0, 0.1) is 0 Å². The smallest absolute Gasteiger partial charge is 0.352 e. The number of hydrogen-bond acceptors (Lipinski definition) is 11. The number of fused-ring (bicyclic) bond motifs is 2. The molecule has 1 unspecified atom stereocenters. The zero-order valence-corrected chi connectivity index (χ0v) is 22.5. The van der Waals surface area contributed by atoms with Crippen molar-refractivity contribution in [2.24, 2.45) is 5.16 Å². The van der Waals surface area contributed by atoms with Gasteiger partial charge in [0.2, 0.25) is 5.51 Å². The number of carboxylic acid groups (broad SMARTS) is 1. The van der Waals surface area contributed by atoms with Crippen LogP contribution >= 0.6 is 34.4 Å². The number of thioether (sulfide) groups is 1. The van der Waals surface area contributed by atoms with Gasteiger partial charge in [-0.1, -0.05) is 16.5 Å². The number of nitrogen functional groups attached to an aromatic ring is 1. The molecule has 15 heteroatoms. The third-order valence-electron chi connectivity index (χ3n) is 6.45. The summed E-state index contributed by atoms with van der Waals surface area (Å²) in [4.78, 5) is 49.6. The second-order valence-corrected chi connectivity index (χ2v) is 11.5. The van der Waals surface area contributed by atoms with Crippen molar-refractivity contribution in [3.8, 4) is 0 Å². The van der Waals surface area contributed by atoms with E-state index in [4.69, 9.17) is 15.3 Å². The average Bonchev–Trinajstić information content (AvgIpc) is 3.51. The zero-order chi connectivity index (χ0) is 26.3. The molecule has 1 fully saturated rings. The van der Waals surface area contributed by atoms with Crippen LogP contribution in [0.25, 0.3) is 0 Å². The fraction of sp³-hybridized carbons (Fsp3) is 0.455. The molecular formula is C22H25N6O6S3+. The largest absolute Gasteiger partial charge is 0.477 e. The molecule has 1 saturated heterocycles. The Kier molecular flexibility index (Phi) is 7.20. The van der Waals surface area contributed by atoms with Gasteiger partial charge in [-0.2, -0.15) is 4.57 Å². The molecule has 4 N–H and O–H groups in total. The highest BCUT2D eigenvalue weighted by atomic mass is 32.2. The van der Waals surface area contributed by atoms with Crippen LogP contribution in [0.3, 0.4) is 0 Å². The molecular weight excluding hydrogens is 540 g/mol. The van der Waals surface area contributed by atoms with E-state index in [1.54, 1.807) is 23.8 Å². The first-order chi connectivity index (χ1) is 17.8. The summed E-state index contributed by atoms with van der Waals surface area (Å²) >= 11 is 4.17. The number of thiazole rings is 2. The van der Waals surface area contributed by atoms with Crippen molar-refractivity contribution in [3.05, 3.63) is 38.4 Å². The number of β-lactam (4-membered cyclic amide) rings is 1. The van der Waals surface area contributed by atoms with Crippen molar-refractivity contribution < 1.29 is 33.6 Å². The minimum atomic E-state index is -1.17. The van der Waals surface area contributed by atoms with Gasteiger partial charge in [0, 0.05) is 30.2 Å². The Hall–Kier alpha value is -3.01. The number of carbonyl (C=O) groups is 3. The number of carboxylic acids is 1. The maximum absolute atomic E-state index is 13.1. The van der Waals surface area contributed by atoms with Crippen molar-refractivity contribution in [2.75, 3.05) is 25.7 Å². The van der Waals surface area contributed by atoms with Gasteiger partial charge in [-0.15, -0.1) is 23.1 Å². The van der Waals surface area contributed by atoms with Crippen molar-refractivity contribution in [1.82, 2.24) is 15.2 Å². The second-order valence-electron chi connectivity index (χ2n) is 8.59. The molecule has 4 heterocycles. The van der Waals surface area contributed by atoms with Gasteiger partial charge in [-0.3, -0.25) is 14.5 Å². The van der Waals surface area contributed by atoms with Gasteiger partial charge in [0.25, 0.3) is 11.8 Å². The molecule has 5 rings (SSSR count). The molecule has 3 aliphatic rings. The number of hydrogen-bond donors (Lipinski definition) is 3. The van der Waals surface area contributed by atoms with Crippen molar-refractivity contribution in [2.45, 2.75) is 43.3 Å². The van der Waals surface area contributed by atoms with E-state index in [-0.39, 0.29) is 28.3 Å². The molecule has 0 spiro atoms. The summed E-state index contributed by atoms with van der Waals surface area (Å²) in [5.41, 5.74) is 9.54. The van der Waals surface area contributed by atoms with Crippen LogP contribution in [0.5, 0.6) is 0 Å². The molecule has 2 aromatic rings. The molecule has 0 radical (unpaired) electrons. The molecule has 2 aliphatic heterocycles. The zero-order valence-electron chi connectivity index (χ0n) is 20.0. The quantitative estimate of drug-likeness (QED) is 0.183. The highest BCUT2D eigenvalue weighted by molar-refractivity contribution is 8.00. The van der Waals surface area contributed by atoms with Crippen LogP contribution < -0.4 is 15.6 Å². The van der Waals surface area contributed by atoms with E-state index in [0.717, 1.165) is 36.3 Å². The van der Waals surface area contributed by atoms with Crippen molar-refractivity contribution >= 4 is 63.1 Å². The van der Waals surface area contributed by atoms with Crippen LogP contribution in [-0.4, -0.2) is 69.9 Å². The molecule has 2 amide bonds. The number of nitrogens with one attached hydrogen (secondary N) is 1. The summed E-state index contributed by atoms with van der Waals surface area (Å²) in [5.74, 6) is -1.91. The van der Waals surface area contributed by atoms with Gasteiger partial charge in [0.05, 0.1) is 6.10 Å². The highest BCUT2D eigenvalue weighted by Gasteiger charge is 2.55. The SMILES string of the molecule is CO/N=C(\C(=O)N[C@@H]1C(=O)N2C(C(=O)O)=C(C[n+]3csc4c3CCCC4OC)CS[C@@H]12)c1csc(N)n1. The van der Waals surface area contributed by atoms with Gasteiger partial charge in [0.15, 0.2) is 23.1 Å². The third kappa shape index (κ3) is 4.60. The second kappa shape index (κ2) is 10.4. The van der Waals surface area contributed by atoms with Crippen LogP contribution in [-0.2, 0) is 36.9 Å². The summed E-state index contributed by atoms with van der Waals surface area (Å²) in [6.45, 7) is 0.375. The predicted octanol–water partition coefficient (Wildman–Crippen LogP) is 0.887. The van der Waals surface area contributed by atoms with Gasteiger partial charge in [-0.05, 0) is 12.8 Å². The number of ether oxygens (including phenoxy) is 1. The summed E-state index contributed by atoms with van der Waals surface area (Å²) in [6.07, 6.45) is 2.92. The summed E-state index contributed by atoms with van der Waals surface area (Å²) < 4.78 is 7.68. The Morgan fingerprint density at radius 1 is 1.38 bits per heavy atom. The molecule has 3 atom stereocenters. The first kappa shape index (κ1) is 25.6. The Balaban J connectivity index is 1.35. The Bertz CT molecular complexity index is 1320. The number of amides is 2. The van der Waals surface area contributed by atoms with Gasteiger partial charge < -0.3 is 25.7 Å². The Morgan fingerprint density at radius 2 is 2.19 bits per heavy atom. The number of rotatable bonds is 8. The van der Waals surface area contributed by atoms with Gasteiger partial charge in [-0.25, -0.2) is 9.78 Å². The first-order valence-electron chi connectivity index (χ1n) is 11.4. The topological polar surface area (TPSA) is 160 Å². The molecule has 196 valence electrons. The minimum Gasteiger partial charge on any atom is -0.477 e. The maximum atomic E-state index is 13.1. The summed E-state index contributed by atoms with van der Waals surface area (Å²) in [7, 11) is 2.99. The molecule has 0 saturated carbocycles. The Labute approximate surface area is 224 Å². The van der Waals surface area contributed by atoms with Gasteiger partial charge in [0.1, 0.15) is 34.8 Å². The molecule has 1 aliphatic carbocycles. The number of aromatic nitrogens is 2. The van der Waals surface area contributed by atoms with Crippen LogP contribution in [0.4, 0.5) is 5.13 Å². The monoisotopic (exact) mass is 565 g/mol. The molecule has 0 bridgehead atoms. The molecule has 0 aromatic carbocycles. The van der Waals surface area contributed by atoms with Crippen molar-refractivity contribution in [3.63, 3.8) is 0 Å². The number of oxime groups is 1. The number of carbonyl (C=O) groups excluding carboxylic acids is 2. The summed E-state index contributed by atoms with van der Waals surface area (Å²) in [5, 5.41) is 17.7. The fourth-order valence-electron chi connectivity index (χ4n) is 4.78. The molecule has 12 nitrogen and oxygen atoms in total. The lowest BCUT2D eigenvalue weighted by Gasteiger charge is -2.49. The van der Waals surface area contributed by atoms with E-state index in [1.807, 2.05) is 5.51 Å². The van der Waals surface area contributed by atoms with E-state index >= 15 is 0 Å². The first-order valence-corrected chi connectivity index (χ1v) is 14.2. The van der Waals surface area contributed by atoms with Crippen LogP contribution in [0.1, 0.15) is 35.2 Å². The lowest BCUT2D eigenvalue weighted by Crippen LogP contribution is -2.71. The normalized spacial score (nSPS) is 23.3. The van der Waals surface area contributed by atoms with E-state index in [0.29, 0.717) is 17.9 Å².